The van der Waals surface area contributed by atoms with Crippen LogP contribution < -0.4 is 10.6 Å². The molecule has 0 aromatic heterocycles. The fourth-order valence-corrected chi connectivity index (χ4v) is 2.60. The third-order valence-corrected chi connectivity index (χ3v) is 3.93. The van der Waals surface area contributed by atoms with Gasteiger partial charge in [0.25, 0.3) is 0 Å². The number of carboxylic acid groups (broad SMARTS) is 1. The van der Waals surface area contributed by atoms with E-state index in [9.17, 15) is 14.4 Å². The van der Waals surface area contributed by atoms with Crippen molar-refractivity contribution in [3.05, 3.63) is 0 Å². The van der Waals surface area contributed by atoms with Gasteiger partial charge in [-0.25, -0.2) is 9.59 Å². The van der Waals surface area contributed by atoms with E-state index in [2.05, 4.69) is 15.4 Å². The monoisotopic (exact) mass is 300 g/mol. The molecule has 0 spiro atoms. The van der Waals surface area contributed by atoms with Crippen molar-refractivity contribution in [2.75, 3.05) is 7.11 Å². The molecule has 7 nitrogen and oxygen atoms in total. The number of hydrogen-bond acceptors (Lipinski definition) is 4. The van der Waals surface area contributed by atoms with Crippen LogP contribution in [0.15, 0.2) is 0 Å². The van der Waals surface area contributed by atoms with E-state index >= 15 is 0 Å². The number of esters is 1. The zero-order chi connectivity index (χ0) is 15.8. The predicted octanol–water partition coefficient (Wildman–Crippen LogP) is 1.27. The van der Waals surface area contributed by atoms with Crippen molar-refractivity contribution >= 4 is 18.0 Å². The second-order valence-electron chi connectivity index (χ2n) is 5.46. The van der Waals surface area contributed by atoms with Crippen molar-refractivity contribution in [2.24, 2.45) is 5.92 Å². The van der Waals surface area contributed by atoms with Crippen LogP contribution in [0.25, 0.3) is 0 Å². The number of rotatable bonds is 7. The normalized spacial score (nSPS) is 17.8. The summed E-state index contributed by atoms with van der Waals surface area (Å²) in [6.45, 7) is 1.93. The number of carbonyl (C=O) groups excluding carboxylic acids is 2. The highest BCUT2D eigenvalue weighted by Gasteiger charge is 2.25. The number of aliphatic carboxylic acids is 1. The summed E-state index contributed by atoms with van der Waals surface area (Å²) >= 11 is 0. The van der Waals surface area contributed by atoms with E-state index in [1.165, 1.54) is 20.0 Å². The van der Waals surface area contributed by atoms with E-state index in [-0.39, 0.29) is 18.9 Å². The van der Waals surface area contributed by atoms with E-state index in [1.807, 2.05) is 6.92 Å². The average molecular weight is 300 g/mol. The molecule has 2 atom stereocenters. The highest BCUT2D eigenvalue weighted by Crippen LogP contribution is 2.27. The summed E-state index contributed by atoms with van der Waals surface area (Å²) < 4.78 is 4.46. The summed E-state index contributed by atoms with van der Waals surface area (Å²) in [6.07, 6.45) is 4.49. The Kier molecular flexibility index (Phi) is 6.98. The van der Waals surface area contributed by atoms with Gasteiger partial charge in [-0.3, -0.25) is 4.79 Å². The maximum atomic E-state index is 11.8. The first-order valence-corrected chi connectivity index (χ1v) is 7.30. The summed E-state index contributed by atoms with van der Waals surface area (Å²) in [5, 5.41) is 14.2. The first-order chi connectivity index (χ1) is 9.93. The number of carbonyl (C=O) groups is 3. The smallest absolute Gasteiger partial charge is 0.326 e. The van der Waals surface area contributed by atoms with Crippen LogP contribution in [0, 0.1) is 5.92 Å². The third-order valence-electron chi connectivity index (χ3n) is 3.93. The molecule has 1 saturated carbocycles. The summed E-state index contributed by atoms with van der Waals surface area (Å²) in [4.78, 5) is 34.0. The van der Waals surface area contributed by atoms with E-state index in [1.54, 1.807) is 0 Å². The van der Waals surface area contributed by atoms with Gasteiger partial charge in [0, 0.05) is 12.5 Å². The van der Waals surface area contributed by atoms with Gasteiger partial charge in [-0.1, -0.05) is 12.8 Å². The Labute approximate surface area is 124 Å². The summed E-state index contributed by atoms with van der Waals surface area (Å²) in [6, 6.07) is -1.59. The molecule has 0 aromatic rings. The second-order valence-corrected chi connectivity index (χ2v) is 5.46. The molecule has 0 aromatic carbocycles. The Bertz CT molecular complexity index is 380. The van der Waals surface area contributed by atoms with Crippen molar-refractivity contribution in [1.29, 1.82) is 0 Å². The number of amides is 2. The minimum atomic E-state index is -1.16. The number of hydrogen-bond donors (Lipinski definition) is 3. The van der Waals surface area contributed by atoms with Crippen molar-refractivity contribution < 1.29 is 24.2 Å². The highest BCUT2D eigenvalue weighted by atomic mass is 16.5. The summed E-state index contributed by atoms with van der Waals surface area (Å²) in [5.74, 6) is -1.21. The van der Waals surface area contributed by atoms with Crippen molar-refractivity contribution in [3.8, 4) is 0 Å². The predicted molar refractivity (Wildman–Crippen MR) is 75.8 cm³/mol. The quantitative estimate of drug-likeness (QED) is 0.614. The van der Waals surface area contributed by atoms with Crippen LogP contribution in [0.4, 0.5) is 4.79 Å². The molecule has 0 radical (unpaired) electrons. The molecule has 21 heavy (non-hydrogen) atoms. The van der Waals surface area contributed by atoms with Gasteiger partial charge in [0.2, 0.25) is 0 Å². The molecule has 0 heterocycles. The van der Waals surface area contributed by atoms with Gasteiger partial charge in [-0.05, 0) is 32.1 Å². The first-order valence-electron chi connectivity index (χ1n) is 7.30. The van der Waals surface area contributed by atoms with Gasteiger partial charge in [0.05, 0.1) is 7.11 Å². The Hall–Kier alpha value is -1.79. The van der Waals surface area contributed by atoms with Gasteiger partial charge >= 0.3 is 18.0 Å². The third kappa shape index (κ3) is 6.01. The molecule has 0 aliphatic heterocycles. The van der Waals surface area contributed by atoms with Gasteiger partial charge in [0.1, 0.15) is 6.04 Å². The molecule has 2 amide bonds. The fourth-order valence-electron chi connectivity index (χ4n) is 2.60. The molecule has 7 heteroatoms. The Morgan fingerprint density at radius 1 is 1.24 bits per heavy atom. The van der Waals surface area contributed by atoms with Crippen LogP contribution >= 0.6 is 0 Å². The molecule has 3 N–H and O–H groups in total. The Balaban J connectivity index is 2.40. The number of methoxy groups -OCH3 is 1. The van der Waals surface area contributed by atoms with Crippen molar-refractivity contribution in [2.45, 2.75) is 57.5 Å². The van der Waals surface area contributed by atoms with Crippen molar-refractivity contribution in [1.82, 2.24) is 10.6 Å². The van der Waals surface area contributed by atoms with Crippen LogP contribution in [0.5, 0.6) is 0 Å². The van der Waals surface area contributed by atoms with Gasteiger partial charge in [-0.2, -0.15) is 0 Å². The molecule has 1 unspecified atom stereocenters. The minimum Gasteiger partial charge on any atom is -0.480 e. The Morgan fingerprint density at radius 2 is 1.86 bits per heavy atom. The summed E-state index contributed by atoms with van der Waals surface area (Å²) in [7, 11) is 1.24. The zero-order valence-corrected chi connectivity index (χ0v) is 12.6. The zero-order valence-electron chi connectivity index (χ0n) is 12.6. The SMILES string of the molecule is COC(=O)CC[C@H](NC(=O)NC(C)C1CCCC1)C(=O)O. The van der Waals surface area contributed by atoms with Gasteiger partial charge in [0.15, 0.2) is 0 Å². The molecule has 0 bridgehead atoms. The van der Waals surface area contributed by atoms with E-state index in [0.717, 1.165) is 12.8 Å². The van der Waals surface area contributed by atoms with Crippen LogP contribution in [0.3, 0.4) is 0 Å². The van der Waals surface area contributed by atoms with Crippen molar-refractivity contribution in [3.63, 3.8) is 0 Å². The van der Waals surface area contributed by atoms with Crippen LogP contribution in [-0.2, 0) is 14.3 Å². The lowest BCUT2D eigenvalue weighted by molar-refractivity contribution is -0.142. The number of urea groups is 1. The maximum absolute atomic E-state index is 11.8. The van der Waals surface area contributed by atoms with Crippen LogP contribution in [0.1, 0.15) is 45.4 Å². The van der Waals surface area contributed by atoms with E-state index in [4.69, 9.17) is 5.11 Å². The van der Waals surface area contributed by atoms with Gasteiger partial charge in [-0.15, -0.1) is 0 Å². The fraction of sp³-hybridized carbons (Fsp3) is 0.786. The second kappa shape index (κ2) is 8.49. The highest BCUT2D eigenvalue weighted by molar-refractivity contribution is 5.83. The lowest BCUT2D eigenvalue weighted by atomic mass is 10.0. The molecule has 0 saturated heterocycles. The standard InChI is InChI=1S/C14H24N2O5/c1-9(10-5-3-4-6-10)15-14(20)16-11(13(18)19)7-8-12(17)21-2/h9-11H,3-8H2,1-2H3,(H,18,19)(H2,15,16,20)/t9?,11-/m0/s1. The van der Waals surface area contributed by atoms with E-state index in [0.29, 0.717) is 5.92 Å². The molecular formula is C14H24N2O5. The first kappa shape index (κ1) is 17.3. The lowest BCUT2D eigenvalue weighted by Crippen LogP contribution is -2.49. The number of carboxylic acids is 1. The molecule has 1 aliphatic carbocycles. The average Bonchev–Trinajstić information content (AvgIpc) is 2.96. The molecule has 120 valence electrons. The Morgan fingerprint density at radius 3 is 2.38 bits per heavy atom. The van der Waals surface area contributed by atoms with E-state index < -0.39 is 24.0 Å². The molecular weight excluding hydrogens is 276 g/mol. The lowest BCUT2D eigenvalue weighted by Gasteiger charge is -2.22. The van der Waals surface area contributed by atoms with Crippen LogP contribution in [-0.4, -0.2) is 42.3 Å². The summed E-state index contributed by atoms with van der Waals surface area (Å²) in [5.41, 5.74) is 0. The number of nitrogens with one attached hydrogen (secondary N) is 2. The van der Waals surface area contributed by atoms with Gasteiger partial charge < -0.3 is 20.5 Å². The molecule has 1 rings (SSSR count). The molecule has 1 aliphatic rings. The maximum Gasteiger partial charge on any atom is 0.326 e. The van der Waals surface area contributed by atoms with Crippen LogP contribution in [0.2, 0.25) is 0 Å². The number of ether oxygens (including phenoxy) is 1. The minimum absolute atomic E-state index is 0.00718. The topological polar surface area (TPSA) is 105 Å². The molecule has 1 fully saturated rings. The largest absolute Gasteiger partial charge is 0.480 e.